The molecule has 2 N–H and O–H groups in total. The first-order chi connectivity index (χ1) is 10.9. The first kappa shape index (κ1) is 15.5. The molecule has 0 aliphatic heterocycles. The lowest BCUT2D eigenvalue weighted by atomic mass is 10.3. The maximum Gasteiger partial charge on any atom is 0.244 e. The number of nitrogens with one attached hydrogen (secondary N) is 2. The van der Waals surface area contributed by atoms with Crippen LogP contribution in [0.3, 0.4) is 0 Å². The molecular weight excluding hydrogens is 318 g/mol. The summed E-state index contributed by atoms with van der Waals surface area (Å²) in [5, 5.41) is 3.95. The van der Waals surface area contributed by atoms with Crippen LogP contribution in [0.25, 0.3) is 11.0 Å². The van der Waals surface area contributed by atoms with Gasteiger partial charge in [0.25, 0.3) is 0 Å². The SMILES string of the molecule is COc1ccc2nc(CNS(=O)(=O)c3cnn(C)c3C)[nH]c2c1. The minimum Gasteiger partial charge on any atom is -0.497 e. The molecule has 0 aliphatic carbocycles. The Labute approximate surface area is 133 Å². The molecule has 8 nitrogen and oxygen atoms in total. The van der Waals surface area contributed by atoms with Crippen LogP contribution in [-0.2, 0) is 23.6 Å². The fraction of sp³-hybridized carbons (Fsp3) is 0.286. The number of aromatic nitrogens is 4. The number of hydrogen-bond acceptors (Lipinski definition) is 5. The molecule has 0 bridgehead atoms. The number of H-pyrrole nitrogens is 1. The monoisotopic (exact) mass is 335 g/mol. The topological polar surface area (TPSA) is 102 Å². The second-order valence-corrected chi connectivity index (χ2v) is 6.84. The van der Waals surface area contributed by atoms with Crippen molar-refractivity contribution in [2.75, 3.05) is 7.11 Å². The number of aromatic amines is 1. The van der Waals surface area contributed by atoms with Gasteiger partial charge in [-0.05, 0) is 19.1 Å². The molecule has 0 spiro atoms. The van der Waals surface area contributed by atoms with E-state index in [1.807, 2.05) is 12.1 Å². The molecule has 23 heavy (non-hydrogen) atoms. The van der Waals surface area contributed by atoms with Crippen LogP contribution in [0, 0.1) is 6.92 Å². The number of ether oxygens (including phenoxy) is 1. The number of rotatable bonds is 5. The van der Waals surface area contributed by atoms with Crippen molar-refractivity contribution in [3.05, 3.63) is 35.9 Å². The zero-order valence-corrected chi connectivity index (χ0v) is 13.8. The van der Waals surface area contributed by atoms with Gasteiger partial charge in [-0.2, -0.15) is 5.10 Å². The molecule has 1 aromatic carbocycles. The molecular formula is C14H17N5O3S. The Morgan fingerprint density at radius 3 is 2.83 bits per heavy atom. The minimum absolute atomic E-state index is 0.0632. The number of methoxy groups -OCH3 is 1. The standard InChI is InChI=1S/C14H17N5O3S/c1-9-13(7-15-19(9)2)23(20,21)16-8-14-17-11-5-4-10(22-3)6-12(11)18-14/h4-7,16H,8H2,1-3H3,(H,17,18). The average Bonchev–Trinajstić information content (AvgIpc) is 3.08. The Morgan fingerprint density at radius 2 is 2.17 bits per heavy atom. The molecule has 3 rings (SSSR count). The van der Waals surface area contributed by atoms with E-state index in [1.54, 1.807) is 27.1 Å². The molecule has 0 saturated carbocycles. The smallest absolute Gasteiger partial charge is 0.244 e. The summed E-state index contributed by atoms with van der Waals surface area (Å²) >= 11 is 0. The van der Waals surface area contributed by atoms with E-state index in [0.29, 0.717) is 17.3 Å². The summed E-state index contributed by atoms with van der Waals surface area (Å²) < 4.78 is 33.9. The Kier molecular flexibility index (Phi) is 3.82. The van der Waals surface area contributed by atoms with Gasteiger partial charge in [-0.25, -0.2) is 18.1 Å². The van der Waals surface area contributed by atoms with Gasteiger partial charge in [0.15, 0.2) is 0 Å². The van der Waals surface area contributed by atoms with E-state index in [0.717, 1.165) is 11.0 Å². The van der Waals surface area contributed by atoms with E-state index >= 15 is 0 Å². The normalized spacial score (nSPS) is 12.0. The third kappa shape index (κ3) is 2.92. The van der Waals surface area contributed by atoms with Crippen molar-refractivity contribution in [1.29, 1.82) is 0 Å². The number of hydrogen-bond donors (Lipinski definition) is 2. The highest BCUT2D eigenvalue weighted by molar-refractivity contribution is 7.89. The summed E-state index contributed by atoms with van der Waals surface area (Å²) in [5.74, 6) is 1.23. The zero-order valence-electron chi connectivity index (χ0n) is 13.0. The second-order valence-electron chi connectivity index (χ2n) is 5.11. The van der Waals surface area contributed by atoms with Gasteiger partial charge in [-0.15, -0.1) is 0 Å². The van der Waals surface area contributed by atoms with Crippen LogP contribution in [0.1, 0.15) is 11.5 Å². The molecule has 122 valence electrons. The predicted molar refractivity (Wildman–Crippen MR) is 84.6 cm³/mol. The highest BCUT2D eigenvalue weighted by atomic mass is 32.2. The van der Waals surface area contributed by atoms with Gasteiger partial charge in [-0.3, -0.25) is 4.68 Å². The van der Waals surface area contributed by atoms with Crippen LogP contribution in [0.4, 0.5) is 0 Å². The molecule has 9 heteroatoms. The summed E-state index contributed by atoms with van der Waals surface area (Å²) in [6.07, 6.45) is 1.33. The van der Waals surface area contributed by atoms with E-state index in [-0.39, 0.29) is 11.4 Å². The van der Waals surface area contributed by atoms with Crippen molar-refractivity contribution in [3.8, 4) is 5.75 Å². The van der Waals surface area contributed by atoms with Gasteiger partial charge in [0.2, 0.25) is 10.0 Å². The van der Waals surface area contributed by atoms with Gasteiger partial charge < -0.3 is 9.72 Å². The first-order valence-corrected chi connectivity index (χ1v) is 8.40. The fourth-order valence-corrected chi connectivity index (χ4v) is 3.42. The highest BCUT2D eigenvalue weighted by Crippen LogP contribution is 2.19. The van der Waals surface area contributed by atoms with E-state index in [1.165, 1.54) is 10.9 Å². The maximum atomic E-state index is 12.3. The largest absolute Gasteiger partial charge is 0.497 e. The number of benzene rings is 1. The first-order valence-electron chi connectivity index (χ1n) is 6.91. The Balaban J connectivity index is 1.81. The van der Waals surface area contributed by atoms with Gasteiger partial charge in [0.05, 0.1) is 36.6 Å². The molecule has 2 heterocycles. The average molecular weight is 335 g/mol. The number of nitrogens with zero attached hydrogens (tertiary/aromatic N) is 3. The molecule has 0 amide bonds. The second kappa shape index (κ2) is 5.67. The lowest BCUT2D eigenvalue weighted by Crippen LogP contribution is -2.24. The van der Waals surface area contributed by atoms with Crippen LogP contribution in [0.5, 0.6) is 5.75 Å². The van der Waals surface area contributed by atoms with Crippen LogP contribution >= 0.6 is 0 Å². The molecule has 2 aromatic heterocycles. The van der Waals surface area contributed by atoms with E-state index in [9.17, 15) is 8.42 Å². The third-order valence-electron chi connectivity index (χ3n) is 3.65. The predicted octanol–water partition coefficient (Wildman–Crippen LogP) is 1.09. The Hall–Kier alpha value is -2.39. The third-order valence-corrected chi connectivity index (χ3v) is 5.15. The molecule has 0 unspecified atom stereocenters. The van der Waals surface area contributed by atoms with Crippen molar-refractivity contribution in [1.82, 2.24) is 24.5 Å². The summed E-state index contributed by atoms with van der Waals surface area (Å²) in [4.78, 5) is 7.59. The molecule has 0 atom stereocenters. The van der Waals surface area contributed by atoms with Crippen molar-refractivity contribution in [2.24, 2.45) is 7.05 Å². The number of aryl methyl sites for hydroxylation is 1. The number of sulfonamides is 1. The molecule has 0 fully saturated rings. The van der Waals surface area contributed by atoms with Crippen molar-refractivity contribution in [2.45, 2.75) is 18.4 Å². The van der Waals surface area contributed by atoms with Crippen LogP contribution in [0.15, 0.2) is 29.3 Å². The summed E-state index contributed by atoms with van der Waals surface area (Å²) in [7, 11) is -0.355. The molecule has 0 aliphatic rings. The summed E-state index contributed by atoms with van der Waals surface area (Å²) in [6.45, 7) is 1.77. The Morgan fingerprint density at radius 1 is 1.39 bits per heavy atom. The maximum absolute atomic E-state index is 12.3. The molecule has 0 radical (unpaired) electrons. The van der Waals surface area contributed by atoms with E-state index < -0.39 is 10.0 Å². The minimum atomic E-state index is -3.64. The zero-order chi connectivity index (χ0) is 16.6. The number of fused-ring (bicyclic) bond motifs is 1. The van der Waals surface area contributed by atoms with Gasteiger partial charge >= 0.3 is 0 Å². The van der Waals surface area contributed by atoms with Crippen LogP contribution < -0.4 is 9.46 Å². The van der Waals surface area contributed by atoms with Crippen molar-refractivity contribution in [3.63, 3.8) is 0 Å². The molecule has 0 saturated heterocycles. The lowest BCUT2D eigenvalue weighted by molar-refractivity contribution is 0.415. The summed E-state index contributed by atoms with van der Waals surface area (Å²) in [6, 6.07) is 5.43. The number of imidazole rings is 1. The van der Waals surface area contributed by atoms with E-state index in [2.05, 4.69) is 19.8 Å². The van der Waals surface area contributed by atoms with Gasteiger partial charge in [-0.1, -0.05) is 0 Å². The van der Waals surface area contributed by atoms with Crippen molar-refractivity contribution < 1.29 is 13.2 Å². The van der Waals surface area contributed by atoms with Crippen LogP contribution in [0.2, 0.25) is 0 Å². The van der Waals surface area contributed by atoms with Crippen molar-refractivity contribution >= 4 is 21.1 Å². The molecule has 3 aromatic rings. The fourth-order valence-electron chi connectivity index (χ4n) is 2.24. The van der Waals surface area contributed by atoms with E-state index in [4.69, 9.17) is 4.74 Å². The summed E-state index contributed by atoms with van der Waals surface area (Å²) in [5.41, 5.74) is 2.11. The van der Waals surface area contributed by atoms with Crippen LogP contribution in [-0.4, -0.2) is 35.3 Å². The van der Waals surface area contributed by atoms with Gasteiger partial charge in [0.1, 0.15) is 16.5 Å². The highest BCUT2D eigenvalue weighted by Gasteiger charge is 2.20. The van der Waals surface area contributed by atoms with Gasteiger partial charge in [0, 0.05) is 13.1 Å². The lowest BCUT2D eigenvalue weighted by Gasteiger charge is -2.04. The quantitative estimate of drug-likeness (QED) is 0.727. The Bertz CT molecular complexity index is 958.